The maximum atomic E-state index is 12.4. The van der Waals surface area contributed by atoms with Gasteiger partial charge in [0.15, 0.2) is 0 Å². The van der Waals surface area contributed by atoms with Crippen molar-refractivity contribution in [3.8, 4) is 0 Å². The highest BCUT2D eigenvalue weighted by Crippen LogP contribution is 2.17. The summed E-state index contributed by atoms with van der Waals surface area (Å²) in [5.41, 5.74) is 0. The molecule has 1 amide bonds. The molecule has 0 saturated carbocycles. The molecule has 0 spiro atoms. The maximum absolute atomic E-state index is 12.4. The van der Waals surface area contributed by atoms with Crippen molar-refractivity contribution < 1.29 is 9.53 Å². The molecule has 0 radical (unpaired) electrons. The van der Waals surface area contributed by atoms with E-state index in [2.05, 4.69) is 14.8 Å². The molecule has 2 fully saturated rings. The zero-order valence-corrected chi connectivity index (χ0v) is 14.8. The van der Waals surface area contributed by atoms with Gasteiger partial charge in [-0.05, 0) is 18.2 Å². The van der Waals surface area contributed by atoms with Crippen LogP contribution in [0.25, 0.3) is 0 Å². The number of amides is 1. The van der Waals surface area contributed by atoms with E-state index in [9.17, 15) is 4.79 Å². The molecule has 8 nitrogen and oxygen atoms in total. The quantitative estimate of drug-likeness (QED) is 0.793. The van der Waals surface area contributed by atoms with Gasteiger partial charge < -0.3 is 24.0 Å². The number of hydrogen-bond acceptors (Lipinski definition) is 6. The monoisotopic (exact) mass is 356 g/mol. The molecule has 2 aromatic heterocycles. The summed E-state index contributed by atoms with van der Waals surface area (Å²) in [6, 6.07) is 5.82. The lowest BCUT2D eigenvalue weighted by Gasteiger charge is -2.36. The summed E-state index contributed by atoms with van der Waals surface area (Å²) in [4.78, 5) is 27.9. The average Bonchev–Trinajstić information content (AvgIpc) is 3.22. The number of carbonyl (C=O) groups excluding carboxylic acids is 1. The smallest absolute Gasteiger partial charge is 0.242 e. The fraction of sp³-hybridized carbons (Fsp3) is 0.500. The Labute approximate surface area is 153 Å². The molecule has 0 atom stereocenters. The second-order valence-electron chi connectivity index (χ2n) is 6.54. The SMILES string of the molecule is O=C(Cn1cccc1)N1CCN(c2ccnc(N3CCOCC3)n2)CC1. The number of hydrogen-bond donors (Lipinski definition) is 0. The summed E-state index contributed by atoms with van der Waals surface area (Å²) >= 11 is 0. The van der Waals surface area contributed by atoms with Crippen LogP contribution < -0.4 is 9.80 Å². The largest absolute Gasteiger partial charge is 0.378 e. The van der Waals surface area contributed by atoms with Crippen LogP contribution in [0.5, 0.6) is 0 Å². The van der Waals surface area contributed by atoms with Crippen molar-refractivity contribution in [3.05, 3.63) is 36.8 Å². The van der Waals surface area contributed by atoms with Crippen molar-refractivity contribution in [1.82, 2.24) is 19.4 Å². The first-order valence-electron chi connectivity index (χ1n) is 9.09. The Morgan fingerprint density at radius 1 is 1.00 bits per heavy atom. The highest BCUT2D eigenvalue weighted by Gasteiger charge is 2.23. The van der Waals surface area contributed by atoms with Gasteiger partial charge in [0.1, 0.15) is 12.4 Å². The second kappa shape index (κ2) is 7.74. The average molecular weight is 356 g/mol. The van der Waals surface area contributed by atoms with E-state index in [1.807, 2.05) is 46.3 Å². The summed E-state index contributed by atoms with van der Waals surface area (Å²) in [6.07, 6.45) is 5.65. The zero-order chi connectivity index (χ0) is 17.8. The molecule has 8 heteroatoms. The van der Waals surface area contributed by atoms with Crippen LogP contribution in [0.4, 0.5) is 11.8 Å². The van der Waals surface area contributed by atoms with E-state index in [1.54, 1.807) is 0 Å². The van der Waals surface area contributed by atoms with Crippen LogP contribution in [0.1, 0.15) is 0 Å². The lowest BCUT2D eigenvalue weighted by atomic mass is 10.3. The van der Waals surface area contributed by atoms with Crippen LogP contribution in [0.15, 0.2) is 36.8 Å². The summed E-state index contributed by atoms with van der Waals surface area (Å²) in [5.74, 6) is 1.86. The van der Waals surface area contributed by atoms with Crippen LogP contribution in [0, 0.1) is 0 Å². The molecule has 2 aliphatic heterocycles. The normalized spacial score (nSPS) is 18.2. The molecule has 2 aromatic rings. The van der Waals surface area contributed by atoms with Crippen molar-refractivity contribution in [3.63, 3.8) is 0 Å². The van der Waals surface area contributed by atoms with Crippen molar-refractivity contribution >= 4 is 17.7 Å². The minimum atomic E-state index is 0.164. The molecule has 0 N–H and O–H groups in total. The second-order valence-corrected chi connectivity index (χ2v) is 6.54. The molecule has 0 bridgehead atoms. The Balaban J connectivity index is 1.35. The molecule has 0 aromatic carbocycles. The summed E-state index contributed by atoms with van der Waals surface area (Å²) in [7, 11) is 0. The Hall–Kier alpha value is -2.61. The highest BCUT2D eigenvalue weighted by atomic mass is 16.5. The molecular formula is C18H24N6O2. The van der Waals surface area contributed by atoms with E-state index in [1.165, 1.54) is 0 Å². The van der Waals surface area contributed by atoms with Crippen molar-refractivity contribution in [2.45, 2.75) is 6.54 Å². The van der Waals surface area contributed by atoms with E-state index in [4.69, 9.17) is 9.72 Å². The first kappa shape index (κ1) is 16.8. The van der Waals surface area contributed by atoms with Gasteiger partial charge in [-0.25, -0.2) is 4.98 Å². The fourth-order valence-corrected chi connectivity index (χ4v) is 3.35. The third kappa shape index (κ3) is 3.80. The van der Waals surface area contributed by atoms with Crippen LogP contribution in [-0.2, 0) is 16.1 Å². The molecule has 2 aliphatic rings. The van der Waals surface area contributed by atoms with Crippen molar-refractivity contribution in [2.75, 3.05) is 62.3 Å². The highest BCUT2D eigenvalue weighted by molar-refractivity contribution is 5.76. The number of morpholine rings is 1. The fourth-order valence-electron chi connectivity index (χ4n) is 3.35. The number of anilines is 2. The third-order valence-corrected chi connectivity index (χ3v) is 4.86. The van der Waals surface area contributed by atoms with Crippen LogP contribution in [0.3, 0.4) is 0 Å². The maximum Gasteiger partial charge on any atom is 0.242 e. The van der Waals surface area contributed by atoms with Crippen LogP contribution >= 0.6 is 0 Å². The summed E-state index contributed by atoms with van der Waals surface area (Å²) < 4.78 is 7.30. The molecule has 0 aliphatic carbocycles. The lowest BCUT2D eigenvalue weighted by Crippen LogP contribution is -2.50. The van der Waals surface area contributed by atoms with E-state index in [0.717, 1.165) is 64.2 Å². The Kier molecular flexibility index (Phi) is 5.01. The molecule has 4 heterocycles. The van der Waals surface area contributed by atoms with Crippen LogP contribution in [-0.4, -0.2) is 77.8 Å². The number of aromatic nitrogens is 3. The standard InChI is InChI=1S/C18H24N6O2/c25-17(15-21-5-1-2-6-21)23-9-7-22(8-10-23)16-3-4-19-18(20-16)24-11-13-26-14-12-24/h1-6H,7-15H2. The third-order valence-electron chi connectivity index (χ3n) is 4.86. The Morgan fingerprint density at radius 2 is 1.73 bits per heavy atom. The molecule has 4 rings (SSSR count). The summed E-state index contributed by atoms with van der Waals surface area (Å²) in [6.45, 7) is 6.51. The number of piperazine rings is 1. The van der Waals surface area contributed by atoms with Gasteiger partial charge in [0.2, 0.25) is 11.9 Å². The molecule has 2 saturated heterocycles. The van der Waals surface area contributed by atoms with Crippen LogP contribution in [0.2, 0.25) is 0 Å². The Bertz CT molecular complexity index is 721. The number of carbonyl (C=O) groups is 1. The Morgan fingerprint density at radius 3 is 2.46 bits per heavy atom. The number of nitrogens with zero attached hydrogens (tertiary/aromatic N) is 6. The van der Waals surface area contributed by atoms with Gasteiger partial charge in [0, 0.05) is 57.9 Å². The van der Waals surface area contributed by atoms with Gasteiger partial charge in [0.25, 0.3) is 0 Å². The minimum absolute atomic E-state index is 0.164. The molecular weight excluding hydrogens is 332 g/mol. The van der Waals surface area contributed by atoms with Gasteiger partial charge in [0.05, 0.1) is 13.2 Å². The lowest BCUT2D eigenvalue weighted by molar-refractivity contribution is -0.132. The topological polar surface area (TPSA) is 66.7 Å². The van der Waals surface area contributed by atoms with Gasteiger partial charge in [-0.1, -0.05) is 0 Å². The number of rotatable bonds is 4. The van der Waals surface area contributed by atoms with Gasteiger partial charge >= 0.3 is 0 Å². The van der Waals surface area contributed by atoms with Gasteiger partial charge in [-0.2, -0.15) is 4.98 Å². The van der Waals surface area contributed by atoms with E-state index in [0.29, 0.717) is 6.54 Å². The molecule has 0 unspecified atom stereocenters. The van der Waals surface area contributed by atoms with E-state index in [-0.39, 0.29) is 5.91 Å². The van der Waals surface area contributed by atoms with Gasteiger partial charge in [-0.15, -0.1) is 0 Å². The summed E-state index contributed by atoms with van der Waals surface area (Å²) in [5, 5.41) is 0. The van der Waals surface area contributed by atoms with Crippen molar-refractivity contribution in [1.29, 1.82) is 0 Å². The predicted octanol–water partition coefficient (Wildman–Crippen LogP) is 0.464. The van der Waals surface area contributed by atoms with Crippen molar-refractivity contribution in [2.24, 2.45) is 0 Å². The number of ether oxygens (including phenoxy) is 1. The predicted molar refractivity (Wildman–Crippen MR) is 98.3 cm³/mol. The zero-order valence-electron chi connectivity index (χ0n) is 14.8. The first-order valence-corrected chi connectivity index (χ1v) is 9.09. The van der Waals surface area contributed by atoms with E-state index < -0.39 is 0 Å². The van der Waals surface area contributed by atoms with E-state index >= 15 is 0 Å². The molecule has 26 heavy (non-hydrogen) atoms. The first-order chi connectivity index (χ1) is 12.8. The molecule has 138 valence electrons. The minimum Gasteiger partial charge on any atom is -0.378 e. The van der Waals surface area contributed by atoms with Gasteiger partial charge in [-0.3, -0.25) is 4.79 Å².